The molecule has 0 amide bonds. The van der Waals surface area contributed by atoms with Crippen LogP contribution in [0.2, 0.25) is 0 Å². The Morgan fingerprint density at radius 2 is 2.19 bits per heavy atom. The summed E-state index contributed by atoms with van der Waals surface area (Å²) in [4.78, 5) is 0. The van der Waals surface area contributed by atoms with E-state index in [1.807, 2.05) is 12.1 Å². The molecule has 0 spiro atoms. The lowest BCUT2D eigenvalue weighted by atomic mass is 10.0. The Morgan fingerprint density at radius 3 is 2.75 bits per heavy atom. The third kappa shape index (κ3) is 2.50. The Labute approximate surface area is 104 Å². The van der Waals surface area contributed by atoms with Gasteiger partial charge in [0.2, 0.25) is 0 Å². The van der Waals surface area contributed by atoms with Crippen LogP contribution in [0.5, 0.6) is 11.5 Å². The van der Waals surface area contributed by atoms with Crippen molar-refractivity contribution in [3.05, 3.63) is 22.2 Å². The Balaban J connectivity index is 2.11. The molecule has 1 aliphatic rings. The number of phenolic OH excluding ortho intramolecular Hbond substituents is 1. The largest absolute Gasteiger partial charge is 0.503 e. The van der Waals surface area contributed by atoms with E-state index in [9.17, 15) is 5.11 Å². The van der Waals surface area contributed by atoms with Crippen molar-refractivity contribution >= 4 is 15.9 Å². The highest BCUT2D eigenvalue weighted by atomic mass is 79.9. The van der Waals surface area contributed by atoms with Crippen LogP contribution in [0.15, 0.2) is 16.6 Å². The number of aryl methyl sites for hydroxylation is 1. The van der Waals surface area contributed by atoms with Crippen molar-refractivity contribution in [3.63, 3.8) is 0 Å². The summed E-state index contributed by atoms with van der Waals surface area (Å²) in [6.45, 7) is 0. The average molecular weight is 286 g/mol. The van der Waals surface area contributed by atoms with Crippen molar-refractivity contribution in [2.45, 2.75) is 31.2 Å². The molecule has 0 heterocycles. The fraction of sp³-hybridized carbons (Fsp3) is 0.500. The lowest BCUT2D eigenvalue weighted by molar-refractivity contribution is 0.371. The van der Waals surface area contributed by atoms with E-state index in [-0.39, 0.29) is 11.3 Å². The van der Waals surface area contributed by atoms with Crippen molar-refractivity contribution < 1.29 is 9.84 Å². The van der Waals surface area contributed by atoms with Gasteiger partial charge in [-0.25, -0.2) is 0 Å². The molecule has 16 heavy (non-hydrogen) atoms. The van der Waals surface area contributed by atoms with Gasteiger partial charge in [0, 0.05) is 5.54 Å². The molecular weight excluding hydrogens is 270 g/mol. The Kier molecular flexibility index (Phi) is 3.13. The SMILES string of the molecule is COc1cc(CCC2(N)CC2)cc(Br)c1O. The molecule has 0 unspecified atom stereocenters. The topological polar surface area (TPSA) is 55.5 Å². The van der Waals surface area contributed by atoms with E-state index in [1.165, 1.54) is 0 Å². The predicted octanol–water partition coefficient (Wildman–Crippen LogP) is 2.59. The first-order valence-corrected chi connectivity index (χ1v) is 6.18. The summed E-state index contributed by atoms with van der Waals surface area (Å²) in [6.07, 6.45) is 4.17. The maximum absolute atomic E-state index is 9.67. The van der Waals surface area contributed by atoms with E-state index in [1.54, 1.807) is 7.11 Å². The minimum absolute atomic E-state index is 0.0671. The first kappa shape index (κ1) is 11.7. The number of hydrogen-bond donors (Lipinski definition) is 2. The fourth-order valence-corrected chi connectivity index (χ4v) is 2.22. The van der Waals surface area contributed by atoms with E-state index in [2.05, 4.69) is 15.9 Å². The second-order valence-electron chi connectivity index (χ2n) is 4.49. The van der Waals surface area contributed by atoms with Crippen LogP contribution >= 0.6 is 15.9 Å². The zero-order valence-corrected chi connectivity index (χ0v) is 10.9. The highest BCUT2D eigenvalue weighted by molar-refractivity contribution is 9.10. The lowest BCUT2D eigenvalue weighted by Crippen LogP contribution is -2.22. The molecular formula is C12H16BrNO2. The number of nitrogens with two attached hydrogens (primary N) is 1. The third-order valence-electron chi connectivity index (χ3n) is 3.11. The van der Waals surface area contributed by atoms with Gasteiger partial charge in [-0.15, -0.1) is 0 Å². The summed E-state index contributed by atoms with van der Waals surface area (Å²) in [5.41, 5.74) is 7.24. The minimum atomic E-state index is 0.0671. The average Bonchev–Trinajstić information content (AvgIpc) is 2.99. The summed E-state index contributed by atoms with van der Waals surface area (Å²) >= 11 is 3.31. The summed E-state index contributed by atoms with van der Waals surface area (Å²) in [5, 5.41) is 9.67. The standard InChI is InChI=1S/C12H16BrNO2/c1-16-10-7-8(6-9(13)11(10)15)2-3-12(14)4-5-12/h6-7,15H,2-5,14H2,1H3. The number of rotatable bonds is 4. The van der Waals surface area contributed by atoms with Crippen LogP contribution in [0.1, 0.15) is 24.8 Å². The maximum atomic E-state index is 9.67. The van der Waals surface area contributed by atoms with Gasteiger partial charge < -0.3 is 15.6 Å². The molecule has 0 saturated heterocycles. The molecule has 0 radical (unpaired) electrons. The number of halogens is 1. The maximum Gasteiger partial charge on any atom is 0.172 e. The van der Waals surface area contributed by atoms with Gasteiger partial charge in [0.1, 0.15) is 0 Å². The molecule has 2 rings (SSSR count). The molecule has 1 aromatic rings. The van der Waals surface area contributed by atoms with Crippen LogP contribution in [-0.4, -0.2) is 17.8 Å². The molecule has 4 heteroatoms. The monoisotopic (exact) mass is 285 g/mol. The Bertz CT molecular complexity index is 402. The van der Waals surface area contributed by atoms with Gasteiger partial charge in [-0.2, -0.15) is 0 Å². The summed E-state index contributed by atoms with van der Waals surface area (Å²) < 4.78 is 5.77. The Morgan fingerprint density at radius 1 is 1.50 bits per heavy atom. The van der Waals surface area contributed by atoms with Crippen LogP contribution in [-0.2, 0) is 6.42 Å². The second kappa shape index (κ2) is 4.26. The molecule has 1 aromatic carbocycles. The van der Waals surface area contributed by atoms with Gasteiger partial charge in [0.05, 0.1) is 11.6 Å². The van der Waals surface area contributed by atoms with Gasteiger partial charge in [0.15, 0.2) is 11.5 Å². The van der Waals surface area contributed by atoms with E-state index >= 15 is 0 Å². The summed E-state index contributed by atoms with van der Waals surface area (Å²) in [5.74, 6) is 0.659. The quantitative estimate of drug-likeness (QED) is 0.894. The minimum Gasteiger partial charge on any atom is -0.503 e. The van der Waals surface area contributed by atoms with E-state index in [0.717, 1.165) is 31.2 Å². The molecule has 0 atom stereocenters. The smallest absolute Gasteiger partial charge is 0.172 e. The van der Waals surface area contributed by atoms with Crippen molar-refractivity contribution in [1.82, 2.24) is 0 Å². The van der Waals surface area contributed by atoms with Gasteiger partial charge in [0.25, 0.3) is 0 Å². The van der Waals surface area contributed by atoms with E-state index < -0.39 is 0 Å². The molecule has 1 aliphatic carbocycles. The van der Waals surface area contributed by atoms with Crippen molar-refractivity contribution in [2.24, 2.45) is 5.73 Å². The van der Waals surface area contributed by atoms with Gasteiger partial charge in [-0.3, -0.25) is 0 Å². The highest BCUT2D eigenvalue weighted by Crippen LogP contribution is 2.39. The molecule has 88 valence electrons. The first-order valence-electron chi connectivity index (χ1n) is 5.38. The van der Waals surface area contributed by atoms with E-state index in [0.29, 0.717) is 10.2 Å². The number of hydrogen-bond acceptors (Lipinski definition) is 3. The van der Waals surface area contributed by atoms with Crippen LogP contribution < -0.4 is 10.5 Å². The van der Waals surface area contributed by atoms with E-state index in [4.69, 9.17) is 10.5 Å². The van der Waals surface area contributed by atoms with Crippen molar-refractivity contribution in [2.75, 3.05) is 7.11 Å². The third-order valence-corrected chi connectivity index (χ3v) is 3.72. The first-order chi connectivity index (χ1) is 7.54. The fourth-order valence-electron chi connectivity index (χ4n) is 1.73. The lowest BCUT2D eigenvalue weighted by Gasteiger charge is -2.11. The summed E-state index contributed by atoms with van der Waals surface area (Å²) in [7, 11) is 1.55. The van der Waals surface area contributed by atoms with Crippen molar-refractivity contribution in [1.29, 1.82) is 0 Å². The number of ether oxygens (including phenoxy) is 1. The van der Waals surface area contributed by atoms with Gasteiger partial charge in [-0.1, -0.05) is 0 Å². The zero-order valence-electron chi connectivity index (χ0n) is 9.29. The molecule has 0 bridgehead atoms. The summed E-state index contributed by atoms with van der Waals surface area (Å²) in [6, 6.07) is 3.79. The van der Waals surface area contributed by atoms with Gasteiger partial charge in [-0.05, 0) is 59.3 Å². The Hall–Kier alpha value is -0.740. The molecule has 0 aromatic heterocycles. The van der Waals surface area contributed by atoms with Crippen LogP contribution in [0, 0.1) is 0 Å². The van der Waals surface area contributed by atoms with Gasteiger partial charge >= 0.3 is 0 Å². The molecule has 1 fully saturated rings. The van der Waals surface area contributed by atoms with Crippen LogP contribution in [0.3, 0.4) is 0 Å². The number of aromatic hydroxyl groups is 1. The zero-order chi connectivity index (χ0) is 11.8. The van der Waals surface area contributed by atoms with Crippen LogP contribution in [0.25, 0.3) is 0 Å². The number of phenols is 1. The number of methoxy groups -OCH3 is 1. The highest BCUT2D eigenvalue weighted by Gasteiger charge is 2.37. The van der Waals surface area contributed by atoms with Crippen LogP contribution in [0.4, 0.5) is 0 Å². The second-order valence-corrected chi connectivity index (χ2v) is 5.35. The molecule has 0 aliphatic heterocycles. The predicted molar refractivity (Wildman–Crippen MR) is 66.8 cm³/mol. The molecule has 3 nitrogen and oxygen atoms in total. The van der Waals surface area contributed by atoms with Crippen molar-refractivity contribution in [3.8, 4) is 11.5 Å². The molecule has 3 N–H and O–H groups in total. The normalized spacial score (nSPS) is 17.2. The molecule has 1 saturated carbocycles. The number of benzene rings is 1.